The lowest BCUT2D eigenvalue weighted by molar-refractivity contribution is 0.0178. The van der Waals surface area contributed by atoms with Crippen LogP contribution in [0.3, 0.4) is 0 Å². The van der Waals surface area contributed by atoms with E-state index in [4.69, 9.17) is 23.7 Å². The molecule has 29 heavy (non-hydrogen) atoms. The van der Waals surface area contributed by atoms with Gasteiger partial charge in [0.2, 0.25) is 0 Å². The summed E-state index contributed by atoms with van der Waals surface area (Å²) in [5.74, 6) is 1.33. The van der Waals surface area contributed by atoms with Crippen LogP contribution in [-0.4, -0.2) is 63.4 Å². The summed E-state index contributed by atoms with van der Waals surface area (Å²) in [7, 11) is 1.64. The molecule has 2 rings (SSSR count). The summed E-state index contributed by atoms with van der Waals surface area (Å²) in [5, 5.41) is 10.7. The van der Waals surface area contributed by atoms with E-state index in [2.05, 4.69) is 4.98 Å². The lowest BCUT2D eigenvalue weighted by Gasteiger charge is -2.13. The maximum Gasteiger partial charge on any atom is 0.161 e. The average Bonchev–Trinajstić information content (AvgIpc) is 3.10. The van der Waals surface area contributed by atoms with Crippen molar-refractivity contribution in [3.05, 3.63) is 28.8 Å². The Morgan fingerprint density at radius 3 is 2.31 bits per heavy atom. The third-order valence-electron chi connectivity index (χ3n) is 4.01. The van der Waals surface area contributed by atoms with Gasteiger partial charge in [0.05, 0.1) is 51.4 Å². The second-order valence-electron chi connectivity index (χ2n) is 6.30. The predicted molar refractivity (Wildman–Crippen MR) is 113 cm³/mol. The molecule has 0 aliphatic carbocycles. The molecule has 7 nitrogen and oxygen atoms in total. The number of aliphatic hydroxyl groups excluding tert-OH is 1. The molecule has 0 radical (unpaired) electrons. The molecule has 0 amide bonds. The molecule has 1 atom stereocenters. The van der Waals surface area contributed by atoms with E-state index in [0.29, 0.717) is 63.4 Å². The van der Waals surface area contributed by atoms with Gasteiger partial charge in [-0.25, -0.2) is 4.98 Å². The van der Waals surface area contributed by atoms with Gasteiger partial charge in [0.15, 0.2) is 11.5 Å². The second-order valence-corrected chi connectivity index (χ2v) is 7.50. The van der Waals surface area contributed by atoms with Gasteiger partial charge in [-0.1, -0.05) is 0 Å². The van der Waals surface area contributed by atoms with Crippen molar-refractivity contribution in [3.8, 4) is 22.1 Å². The molecule has 0 saturated carbocycles. The molecule has 0 aliphatic rings. The van der Waals surface area contributed by atoms with E-state index in [1.807, 2.05) is 32.0 Å². The Balaban J connectivity index is 1.90. The first kappa shape index (κ1) is 23.6. The maximum absolute atomic E-state index is 9.83. The molecule has 0 saturated heterocycles. The quantitative estimate of drug-likeness (QED) is 0.463. The zero-order valence-corrected chi connectivity index (χ0v) is 18.4. The number of ether oxygens (including phenoxy) is 5. The molecular formula is C21H31NO6S. The molecule has 1 unspecified atom stereocenters. The SMILES string of the molecule is CCOc1cc(-c2nc(C(C)O)c(C)s2)ccc1OCCOCCOCCOC. The maximum atomic E-state index is 9.83. The Morgan fingerprint density at radius 2 is 1.69 bits per heavy atom. The third-order valence-corrected chi connectivity index (χ3v) is 5.04. The van der Waals surface area contributed by atoms with Gasteiger partial charge in [0.25, 0.3) is 0 Å². The Bertz CT molecular complexity index is 734. The number of thiazole rings is 1. The summed E-state index contributed by atoms with van der Waals surface area (Å²) in [6.45, 7) is 9.23. The monoisotopic (exact) mass is 425 g/mol. The normalized spacial score (nSPS) is 12.2. The Morgan fingerprint density at radius 1 is 1.00 bits per heavy atom. The summed E-state index contributed by atoms with van der Waals surface area (Å²) < 4.78 is 27.3. The molecule has 0 bridgehead atoms. The number of hydrogen-bond donors (Lipinski definition) is 1. The molecule has 0 fully saturated rings. The molecule has 1 heterocycles. The van der Waals surface area contributed by atoms with E-state index in [9.17, 15) is 5.11 Å². The molecule has 162 valence electrons. The number of rotatable bonds is 14. The molecule has 0 aliphatic heterocycles. The number of methoxy groups -OCH3 is 1. The average molecular weight is 426 g/mol. The van der Waals surface area contributed by atoms with Crippen LogP contribution in [0.1, 0.15) is 30.5 Å². The van der Waals surface area contributed by atoms with E-state index in [1.165, 1.54) is 0 Å². The molecule has 1 aromatic carbocycles. The van der Waals surface area contributed by atoms with E-state index < -0.39 is 6.10 Å². The van der Waals surface area contributed by atoms with Crippen molar-refractivity contribution in [2.45, 2.75) is 26.9 Å². The van der Waals surface area contributed by atoms with Crippen molar-refractivity contribution < 1.29 is 28.8 Å². The Hall–Kier alpha value is -1.71. The summed E-state index contributed by atoms with van der Waals surface area (Å²) in [6, 6.07) is 5.76. The van der Waals surface area contributed by atoms with Crippen LogP contribution < -0.4 is 9.47 Å². The van der Waals surface area contributed by atoms with Crippen LogP contribution >= 0.6 is 11.3 Å². The van der Waals surface area contributed by atoms with Gasteiger partial charge < -0.3 is 28.8 Å². The number of nitrogens with zero attached hydrogens (tertiary/aromatic N) is 1. The van der Waals surface area contributed by atoms with E-state index >= 15 is 0 Å². The van der Waals surface area contributed by atoms with Crippen molar-refractivity contribution in [2.75, 3.05) is 53.4 Å². The smallest absolute Gasteiger partial charge is 0.161 e. The zero-order chi connectivity index (χ0) is 21.1. The lowest BCUT2D eigenvalue weighted by atomic mass is 10.2. The first-order chi connectivity index (χ1) is 14.1. The molecule has 0 spiro atoms. The van der Waals surface area contributed by atoms with Gasteiger partial charge in [-0.05, 0) is 39.0 Å². The van der Waals surface area contributed by atoms with Crippen molar-refractivity contribution in [3.63, 3.8) is 0 Å². The first-order valence-electron chi connectivity index (χ1n) is 9.76. The van der Waals surface area contributed by atoms with E-state index in [0.717, 1.165) is 15.4 Å². The summed E-state index contributed by atoms with van der Waals surface area (Å²) in [6.07, 6.45) is -0.584. The van der Waals surface area contributed by atoms with Crippen LogP contribution in [0.2, 0.25) is 0 Å². The van der Waals surface area contributed by atoms with Gasteiger partial charge in [-0.2, -0.15) is 0 Å². The van der Waals surface area contributed by atoms with Crippen LogP contribution in [-0.2, 0) is 14.2 Å². The fourth-order valence-electron chi connectivity index (χ4n) is 2.62. The number of aromatic nitrogens is 1. The predicted octanol–water partition coefficient (Wildman–Crippen LogP) is 3.63. The Labute approximate surface area is 176 Å². The Kier molecular flexibility index (Phi) is 10.4. The third kappa shape index (κ3) is 7.56. The van der Waals surface area contributed by atoms with Gasteiger partial charge in [-0.15, -0.1) is 11.3 Å². The first-order valence-corrected chi connectivity index (χ1v) is 10.6. The highest BCUT2D eigenvalue weighted by molar-refractivity contribution is 7.15. The van der Waals surface area contributed by atoms with Gasteiger partial charge in [0.1, 0.15) is 11.6 Å². The number of aliphatic hydroxyl groups is 1. The number of hydrogen-bond acceptors (Lipinski definition) is 8. The summed E-state index contributed by atoms with van der Waals surface area (Å²) in [5.41, 5.74) is 1.65. The lowest BCUT2D eigenvalue weighted by Crippen LogP contribution is -2.12. The highest BCUT2D eigenvalue weighted by Gasteiger charge is 2.15. The molecule has 8 heteroatoms. The molecule has 1 aromatic heterocycles. The van der Waals surface area contributed by atoms with Crippen molar-refractivity contribution in [2.24, 2.45) is 0 Å². The highest BCUT2D eigenvalue weighted by Crippen LogP contribution is 2.36. The van der Waals surface area contributed by atoms with Gasteiger partial charge >= 0.3 is 0 Å². The van der Waals surface area contributed by atoms with Crippen LogP contribution in [0, 0.1) is 6.92 Å². The molecular weight excluding hydrogens is 394 g/mol. The number of aryl methyl sites for hydroxylation is 1. The standard InChI is InChI=1S/C21H31NO6S/c1-5-27-19-14-17(21-22-20(15(2)23)16(3)29-21)6-7-18(19)28-13-12-26-11-10-25-9-8-24-4/h6-7,14-15,23H,5,8-13H2,1-4H3. The van der Waals surface area contributed by atoms with Crippen LogP contribution in [0.15, 0.2) is 18.2 Å². The summed E-state index contributed by atoms with van der Waals surface area (Å²) >= 11 is 1.56. The van der Waals surface area contributed by atoms with Crippen molar-refractivity contribution in [1.29, 1.82) is 0 Å². The molecule has 1 N–H and O–H groups in total. The number of benzene rings is 1. The minimum Gasteiger partial charge on any atom is -0.490 e. The van der Waals surface area contributed by atoms with Crippen molar-refractivity contribution in [1.82, 2.24) is 4.98 Å². The summed E-state index contributed by atoms with van der Waals surface area (Å²) in [4.78, 5) is 5.58. The van der Waals surface area contributed by atoms with E-state index in [1.54, 1.807) is 25.4 Å². The minimum atomic E-state index is -0.584. The van der Waals surface area contributed by atoms with Crippen LogP contribution in [0.5, 0.6) is 11.5 Å². The van der Waals surface area contributed by atoms with E-state index in [-0.39, 0.29) is 0 Å². The van der Waals surface area contributed by atoms with Crippen molar-refractivity contribution >= 4 is 11.3 Å². The minimum absolute atomic E-state index is 0.417. The highest BCUT2D eigenvalue weighted by atomic mass is 32.1. The van der Waals surface area contributed by atoms with Gasteiger partial charge in [-0.3, -0.25) is 0 Å². The van der Waals surface area contributed by atoms with Crippen LogP contribution in [0.25, 0.3) is 10.6 Å². The molecule has 2 aromatic rings. The zero-order valence-electron chi connectivity index (χ0n) is 17.6. The fraction of sp³-hybridized carbons (Fsp3) is 0.571. The van der Waals surface area contributed by atoms with Crippen LogP contribution in [0.4, 0.5) is 0 Å². The largest absolute Gasteiger partial charge is 0.490 e. The topological polar surface area (TPSA) is 79.3 Å². The van der Waals surface area contributed by atoms with Gasteiger partial charge in [0, 0.05) is 17.6 Å². The fourth-order valence-corrected chi connectivity index (χ4v) is 3.62. The second kappa shape index (κ2) is 12.8.